The molecule has 0 saturated heterocycles. The van der Waals surface area contributed by atoms with Crippen molar-refractivity contribution < 1.29 is 9.53 Å². The van der Waals surface area contributed by atoms with E-state index in [9.17, 15) is 4.79 Å². The first-order chi connectivity index (χ1) is 7.63. The lowest BCUT2D eigenvalue weighted by Crippen LogP contribution is -2.18. The second kappa shape index (κ2) is 5.95. The van der Waals surface area contributed by atoms with Gasteiger partial charge in [-0.05, 0) is 30.7 Å². The number of ether oxygens (including phenoxy) is 1. The van der Waals surface area contributed by atoms with Gasteiger partial charge in [-0.1, -0.05) is 12.1 Å². The molecule has 0 heterocycles. The zero-order chi connectivity index (χ0) is 12.0. The minimum Gasteiger partial charge on any atom is -0.494 e. The Balaban J connectivity index is 2.65. The van der Waals surface area contributed by atoms with E-state index in [1.54, 1.807) is 26.2 Å². The Bertz CT molecular complexity index is 366. The molecular weight excluding hydrogens is 202 g/mol. The highest BCUT2D eigenvalue weighted by Gasteiger charge is 1.97. The van der Waals surface area contributed by atoms with Crippen LogP contribution in [0.5, 0.6) is 5.75 Å². The van der Waals surface area contributed by atoms with Crippen LogP contribution in [0.25, 0.3) is 6.08 Å². The van der Waals surface area contributed by atoms with Crippen molar-refractivity contribution >= 4 is 12.0 Å². The summed E-state index contributed by atoms with van der Waals surface area (Å²) in [6.45, 7) is 2.61. The van der Waals surface area contributed by atoms with Gasteiger partial charge in [0.05, 0.1) is 6.61 Å². The monoisotopic (exact) mass is 219 g/mol. The molecule has 0 spiro atoms. The quantitative estimate of drug-likeness (QED) is 0.726. The Kier molecular flexibility index (Phi) is 4.58. The average molecular weight is 219 g/mol. The summed E-state index contributed by atoms with van der Waals surface area (Å²) in [6.07, 6.45) is 3.34. The van der Waals surface area contributed by atoms with Crippen LogP contribution < -0.4 is 4.74 Å². The van der Waals surface area contributed by atoms with E-state index in [2.05, 4.69) is 0 Å². The molecule has 1 amide bonds. The Hall–Kier alpha value is -1.77. The van der Waals surface area contributed by atoms with Crippen LogP contribution in [0.3, 0.4) is 0 Å². The van der Waals surface area contributed by atoms with Gasteiger partial charge in [0.15, 0.2) is 0 Å². The fourth-order valence-corrected chi connectivity index (χ4v) is 1.16. The molecule has 0 fully saturated rings. The van der Waals surface area contributed by atoms with Crippen LogP contribution in [0, 0.1) is 0 Å². The standard InChI is InChI=1S/C13H17NO2/c1-4-16-12-8-5-11(6-9-12)7-10-13(15)14(2)3/h5-10H,4H2,1-3H3. The van der Waals surface area contributed by atoms with Crippen molar-refractivity contribution in [1.82, 2.24) is 4.90 Å². The van der Waals surface area contributed by atoms with Gasteiger partial charge in [0.1, 0.15) is 5.75 Å². The number of hydrogen-bond acceptors (Lipinski definition) is 2. The molecule has 0 unspecified atom stereocenters. The molecule has 3 nitrogen and oxygen atoms in total. The maximum absolute atomic E-state index is 11.3. The minimum absolute atomic E-state index is 0.0196. The molecule has 0 bridgehead atoms. The lowest BCUT2D eigenvalue weighted by atomic mass is 10.2. The van der Waals surface area contributed by atoms with Gasteiger partial charge < -0.3 is 9.64 Å². The topological polar surface area (TPSA) is 29.5 Å². The molecule has 1 rings (SSSR count). The second-order valence-electron chi connectivity index (χ2n) is 3.57. The molecule has 0 saturated carbocycles. The molecule has 0 aliphatic rings. The number of benzene rings is 1. The molecule has 0 N–H and O–H groups in total. The van der Waals surface area contributed by atoms with Crippen molar-refractivity contribution in [1.29, 1.82) is 0 Å². The number of carbonyl (C=O) groups is 1. The predicted octanol–water partition coefficient (Wildman–Crippen LogP) is 2.19. The molecule has 0 aliphatic carbocycles. The van der Waals surface area contributed by atoms with Gasteiger partial charge >= 0.3 is 0 Å². The number of amides is 1. The van der Waals surface area contributed by atoms with Crippen molar-refractivity contribution in [2.24, 2.45) is 0 Å². The molecule has 0 aromatic heterocycles. The normalized spacial score (nSPS) is 10.4. The lowest BCUT2D eigenvalue weighted by molar-refractivity contribution is -0.123. The van der Waals surface area contributed by atoms with Gasteiger partial charge in [-0.3, -0.25) is 4.79 Å². The van der Waals surface area contributed by atoms with Gasteiger partial charge in [0.2, 0.25) is 5.91 Å². The summed E-state index contributed by atoms with van der Waals surface area (Å²) in [5.74, 6) is 0.826. The van der Waals surface area contributed by atoms with E-state index in [0.29, 0.717) is 6.61 Å². The van der Waals surface area contributed by atoms with Crippen molar-refractivity contribution in [2.45, 2.75) is 6.92 Å². The first-order valence-electron chi connectivity index (χ1n) is 5.25. The molecule has 0 atom stereocenters. The Morgan fingerprint density at radius 2 is 1.94 bits per heavy atom. The smallest absolute Gasteiger partial charge is 0.246 e. The van der Waals surface area contributed by atoms with E-state index < -0.39 is 0 Å². The highest BCUT2D eigenvalue weighted by Crippen LogP contribution is 2.12. The van der Waals surface area contributed by atoms with E-state index in [-0.39, 0.29) is 5.91 Å². The fraction of sp³-hybridized carbons (Fsp3) is 0.308. The zero-order valence-electron chi connectivity index (χ0n) is 9.93. The first-order valence-corrected chi connectivity index (χ1v) is 5.25. The summed E-state index contributed by atoms with van der Waals surface area (Å²) in [4.78, 5) is 12.8. The molecule has 0 radical (unpaired) electrons. The van der Waals surface area contributed by atoms with Crippen molar-refractivity contribution in [2.75, 3.05) is 20.7 Å². The fourth-order valence-electron chi connectivity index (χ4n) is 1.16. The number of hydrogen-bond donors (Lipinski definition) is 0. The van der Waals surface area contributed by atoms with Gasteiger partial charge in [-0.25, -0.2) is 0 Å². The van der Waals surface area contributed by atoms with Crippen molar-refractivity contribution in [3.63, 3.8) is 0 Å². The zero-order valence-corrected chi connectivity index (χ0v) is 9.93. The second-order valence-corrected chi connectivity index (χ2v) is 3.57. The van der Waals surface area contributed by atoms with Gasteiger partial charge in [-0.15, -0.1) is 0 Å². The number of likely N-dealkylation sites (N-methyl/N-ethyl adjacent to an activating group) is 1. The first kappa shape index (κ1) is 12.3. The van der Waals surface area contributed by atoms with E-state index in [1.165, 1.54) is 4.90 Å². The van der Waals surface area contributed by atoms with Crippen LogP contribution in [-0.4, -0.2) is 31.5 Å². The molecule has 1 aromatic carbocycles. The summed E-state index contributed by atoms with van der Waals surface area (Å²) in [5, 5.41) is 0. The Labute approximate surface area is 96.3 Å². The highest BCUT2D eigenvalue weighted by atomic mass is 16.5. The molecule has 3 heteroatoms. The van der Waals surface area contributed by atoms with E-state index in [1.807, 2.05) is 31.2 Å². The molecular formula is C13H17NO2. The summed E-state index contributed by atoms with van der Waals surface area (Å²) in [5.41, 5.74) is 0.985. The SMILES string of the molecule is CCOc1ccc(C=CC(=O)N(C)C)cc1. The minimum atomic E-state index is -0.0196. The Morgan fingerprint density at radius 1 is 1.31 bits per heavy atom. The third-order valence-electron chi connectivity index (χ3n) is 2.05. The van der Waals surface area contributed by atoms with Crippen molar-refractivity contribution in [3.05, 3.63) is 35.9 Å². The summed E-state index contributed by atoms with van der Waals surface area (Å²) < 4.78 is 5.33. The third-order valence-corrected chi connectivity index (χ3v) is 2.05. The summed E-state index contributed by atoms with van der Waals surface area (Å²) >= 11 is 0. The van der Waals surface area contributed by atoms with Crippen LogP contribution in [0.4, 0.5) is 0 Å². The summed E-state index contributed by atoms with van der Waals surface area (Å²) in [7, 11) is 3.45. The van der Waals surface area contributed by atoms with Crippen LogP contribution in [0.15, 0.2) is 30.3 Å². The maximum atomic E-state index is 11.3. The van der Waals surface area contributed by atoms with Crippen LogP contribution in [0.1, 0.15) is 12.5 Å². The third kappa shape index (κ3) is 3.77. The molecule has 16 heavy (non-hydrogen) atoms. The molecule has 1 aromatic rings. The summed E-state index contributed by atoms with van der Waals surface area (Å²) in [6, 6.07) is 7.63. The van der Waals surface area contributed by atoms with Crippen LogP contribution in [0.2, 0.25) is 0 Å². The molecule has 0 aliphatic heterocycles. The van der Waals surface area contributed by atoms with Gasteiger partial charge in [-0.2, -0.15) is 0 Å². The van der Waals surface area contributed by atoms with Gasteiger partial charge in [0, 0.05) is 20.2 Å². The van der Waals surface area contributed by atoms with E-state index >= 15 is 0 Å². The van der Waals surface area contributed by atoms with Crippen LogP contribution >= 0.6 is 0 Å². The molecule has 86 valence electrons. The number of carbonyl (C=O) groups excluding carboxylic acids is 1. The Morgan fingerprint density at radius 3 is 2.44 bits per heavy atom. The van der Waals surface area contributed by atoms with Crippen molar-refractivity contribution in [3.8, 4) is 5.75 Å². The number of nitrogens with zero attached hydrogens (tertiary/aromatic N) is 1. The largest absolute Gasteiger partial charge is 0.494 e. The van der Waals surface area contributed by atoms with Crippen LogP contribution in [-0.2, 0) is 4.79 Å². The average Bonchev–Trinajstić information content (AvgIpc) is 2.28. The maximum Gasteiger partial charge on any atom is 0.246 e. The highest BCUT2D eigenvalue weighted by molar-refractivity contribution is 5.91. The number of rotatable bonds is 4. The van der Waals surface area contributed by atoms with E-state index in [4.69, 9.17) is 4.74 Å². The van der Waals surface area contributed by atoms with Gasteiger partial charge in [0.25, 0.3) is 0 Å². The lowest BCUT2D eigenvalue weighted by Gasteiger charge is -2.05. The van der Waals surface area contributed by atoms with E-state index in [0.717, 1.165) is 11.3 Å². The predicted molar refractivity (Wildman–Crippen MR) is 65.3 cm³/mol.